The van der Waals surface area contributed by atoms with Crippen molar-refractivity contribution in [1.82, 2.24) is 5.32 Å². The van der Waals surface area contributed by atoms with Crippen LogP contribution in [-0.4, -0.2) is 42.1 Å². The van der Waals surface area contributed by atoms with Crippen LogP contribution in [0.25, 0.3) is 0 Å². The molecular weight excluding hydrogens is 319 g/mol. The zero-order valence-electron chi connectivity index (χ0n) is 12.4. The smallest absolute Gasteiger partial charge is 0.419 e. The van der Waals surface area contributed by atoms with E-state index in [1.165, 1.54) is 0 Å². The number of hydrogen-bond donors (Lipinski definition) is 2. The number of hydrogen-bond acceptors (Lipinski definition) is 5. The number of carbonyl (C=O) groups is 2. The molecule has 0 bridgehead atoms. The third-order valence-corrected chi connectivity index (χ3v) is 3.05. The van der Waals surface area contributed by atoms with Crippen molar-refractivity contribution in [1.29, 1.82) is 0 Å². The third kappa shape index (κ3) is 4.85. The summed E-state index contributed by atoms with van der Waals surface area (Å²) in [7, 11) is 0.832. The molecule has 1 rings (SSSR count). The minimum Gasteiger partial charge on any atom is -0.467 e. The van der Waals surface area contributed by atoms with Crippen molar-refractivity contribution in [2.45, 2.75) is 31.3 Å². The van der Waals surface area contributed by atoms with Gasteiger partial charge >= 0.3 is 18.2 Å². The Hall–Kier alpha value is -2.29. The lowest BCUT2D eigenvalue weighted by Gasteiger charge is -2.32. The number of benzene rings is 1. The van der Waals surface area contributed by atoms with Crippen LogP contribution in [0, 0.1) is 0 Å². The molecule has 0 radical (unpaired) electrons. The average molecular weight is 335 g/mol. The standard InChI is InChI=1S/C14H16F3NO5/c1-13(21,14(15,16)17)10(11(19)22-2)18-12(20)23-8-9-6-4-3-5-7-9/h3-7,10,21H,8H2,1-2H3,(H,18,20). The van der Waals surface area contributed by atoms with Gasteiger partial charge in [0.15, 0.2) is 11.6 Å². The summed E-state index contributed by atoms with van der Waals surface area (Å²) in [6.07, 6.45) is -6.47. The highest BCUT2D eigenvalue weighted by molar-refractivity contribution is 5.82. The molecule has 0 aliphatic heterocycles. The van der Waals surface area contributed by atoms with E-state index < -0.39 is 29.9 Å². The highest BCUT2D eigenvalue weighted by atomic mass is 19.4. The quantitative estimate of drug-likeness (QED) is 0.801. The Morgan fingerprint density at radius 3 is 2.30 bits per heavy atom. The molecule has 0 aliphatic carbocycles. The summed E-state index contributed by atoms with van der Waals surface area (Å²) in [4.78, 5) is 23.1. The first-order valence-corrected chi connectivity index (χ1v) is 6.43. The van der Waals surface area contributed by atoms with Crippen LogP contribution in [0.15, 0.2) is 30.3 Å². The highest BCUT2D eigenvalue weighted by Crippen LogP contribution is 2.33. The minimum atomic E-state index is -5.17. The van der Waals surface area contributed by atoms with Crippen molar-refractivity contribution < 1.29 is 37.3 Å². The van der Waals surface area contributed by atoms with Crippen LogP contribution in [0.5, 0.6) is 0 Å². The molecule has 0 saturated heterocycles. The van der Waals surface area contributed by atoms with Crippen LogP contribution in [0.2, 0.25) is 0 Å². The molecule has 1 amide bonds. The van der Waals surface area contributed by atoms with Crippen LogP contribution in [0.1, 0.15) is 12.5 Å². The van der Waals surface area contributed by atoms with Gasteiger partial charge in [-0.25, -0.2) is 9.59 Å². The largest absolute Gasteiger partial charge is 0.467 e. The third-order valence-electron chi connectivity index (χ3n) is 3.05. The summed E-state index contributed by atoms with van der Waals surface area (Å²) >= 11 is 0. The Bertz CT molecular complexity index is 545. The normalized spacial score (nSPS) is 15.2. The first-order chi connectivity index (χ1) is 10.6. The number of ether oxygens (including phenoxy) is 2. The molecule has 1 aromatic rings. The van der Waals surface area contributed by atoms with Crippen LogP contribution >= 0.6 is 0 Å². The summed E-state index contributed by atoms with van der Waals surface area (Å²) in [5.74, 6) is -1.45. The van der Waals surface area contributed by atoms with Gasteiger partial charge < -0.3 is 19.9 Å². The van der Waals surface area contributed by atoms with Crippen LogP contribution in [-0.2, 0) is 20.9 Å². The number of rotatable bonds is 5. The van der Waals surface area contributed by atoms with Crippen molar-refractivity contribution >= 4 is 12.1 Å². The molecule has 9 heteroatoms. The number of halogens is 3. The Balaban J connectivity index is 2.78. The van der Waals surface area contributed by atoms with Gasteiger partial charge in [-0.05, 0) is 12.5 Å². The van der Waals surface area contributed by atoms with Crippen LogP contribution in [0.4, 0.5) is 18.0 Å². The van der Waals surface area contributed by atoms with E-state index in [-0.39, 0.29) is 6.61 Å². The topological polar surface area (TPSA) is 84.9 Å². The number of nitrogens with one attached hydrogen (secondary N) is 1. The van der Waals surface area contributed by atoms with E-state index in [9.17, 15) is 27.9 Å². The predicted molar refractivity (Wildman–Crippen MR) is 72.2 cm³/mol. The lowest BCUT2D eigenvalue weighted by Crippen LogP contribution is -2.62. The van der Waals surface area contributed by atoms with Crippen LogP contribution in [0.3, 0.4) is 0 Å². The summed E-state index contributed by atoms with van der Waals surface area (Å²) in [5, 5.41) is 11.2. The number of esters is 1. The van der Waals surface area contributed by atoms with Crippen LogP contribution < -0.4 is 5.32 Å². The number of alkyl carbamates (subject to hydrolysis) is 1. The number of alkyl halides is 3. The van der Waals surface area contributed by atoms with E-state index in [0.717, 1.165) is 7.11 Å². The Morgan fingerprint density at radius 2 is 1.83 bits per heavy atom. The van der Waals surface area contributed by atoms with Gasteiger partial charge in [0, 0.05) is 0 Å². The molecule has 0 fully saturated rings. The lowest BCUT2D eigenvalue weighted by molar-refractivity contribution is -0.262. The first kappa shape index (κ1) is 18.8. The Kier molecular flexibility index (Phi) is 5.97. The van der Waals surface area contributed by atoms with Crippen molar-refractivity contribution in [2.75, 3.05) is 7.11 Å². The van der Waals surface area contributed by atoms with Crippen molar-refractivity contribution in [3.05, 3.63) is 35.9 Å². The summed E-state index contributed by atoms with van der Waals surface area (Å²) in [5.41, 5.74) is -2.92. The fourth-order valence-corrected chi connectivity index (χ4v) is 1.59. The Labute approximate surface area is 130 Å². The van der Waals surface area contributed by atoms with E-state index >= 15 is 0 Å². The summed E-state index contributed by atoms with van der Waals surface area (Å²) < 4.78 is 47.4. The maximum absolute atomic E-state index is 12.8. The zero-order chi connectivity index (χ0) is 17.7. The van der Waals surface area contributed by atoms with Gasteiger partial charge in [-0.3, -0.25) is 0 Å². The Morgan fingerprint density at radius 1 is 1.26 bits per heavy atom. The van der Waals surface area contributed by atoms with Gasteiger partial charge in [0.2, 0.25) is 0 Å². The van der Waals surface area contributed by atoms with Gasteiger partial charge in [-0.15, -0.1) is 0 Å². The van der Waals surface area contributed by atoms with Crippen molar-refractivity contribution in [2.24, 2.45) is 0 Å². The predicted octanol–water partition coefficient (Wildman–Crippen LogP) is 1.77. The molecule has 2 atom stereocenters. The lowest BCUT2D eigenvalue weighted by atomic mass is 9.96. The van der Waals surface area contributed by atoms with E-state index in [1.807, 2.05) is 0 Å². The fraction of sp³-hybridized carbons (Fsp3) is 0.429. The molecule has 1 aromatic carbocycles. The molecule has 0 aliphatic rings. The van der Waals surface area contributed by atoms with E-state index in [0.29, 0.717) is 12.5 Å². The molecule has 0 spiro atoms. The molecule has 0 saturated carbocycles. The minimum absolute atomic E-state index is 0.214. The molecule has 23 heavy (non-hydrogen) atoms. The monoisotopic (exact) mass is 335 g/mol. The second-order valence-electron chi connectivity index (χ2n) is 4.81. The van der Waals surface area contributed by atoms with Gasteiger partial charge in [-0.2, -0.15) is 13.2 Å². The molecule has 128 valence electrons. The van der Waals surface area contributed by atoms with Gasteiger partial charge in [0.1, 0.15) is 6.61 Å². The maximum Gasteiger partial charge on any atom is 0.419 e. The van der Waals surface area contributed by atoms with Gasteiger partial charge in [0.25, 0.3) is 0 Å². The van der Waals surface area contributed by atoms with Crippen molar-refractivity contribution in [3.8, 4) is 0 Å². The number of amides is 1. The molecule has 2 N–H and O–H groups in total. The maximum atomic E-state index is 12.8. The van der Waals surface area contributed by atoms with Gasteiger partial charge in [0.05, 0.1) is 7.11 Å². The van der Waals surface area contributed by atoms with E-state index in [1.54, 1.807) is 35.6 Å². The fourth-order valence-electron chi connectivity index (χ4n) is 1.59. The first-order valence-electron chi connectivity index (χ1n) is 6.43. The number of aliphatic hydroxyl groups is 1. The average Bonchev–Trinajstić information content (AvgIpc) is 2.49. The molecule has 6 nitrogen and oxygen atoms in total. The van der Waals surface area contributed by atoms with Gasteiger partial charge in [-0.1, -0.05) is 30.3 Å². The second kappa shape index (κ2) is 7.32. The highest BCUT2D eigenvalue weighted by Gasteiger charge is 2.58. The molecule has 2 unspecified atom stereocenters. The van der Waals surface area contributed by atoms with Crippen molar-refractivity contribution in [3.63, 3.8) is 0 Å². The SMILES string of the molecule is COC(=O)C(NC(=O)OCc1ccccc1)C(C)(O)C(F)(F)F. The van der Waals surface area contributed by atoms with E-state index in [2.05, 4.69) is 4.74 Å². The second-order valence-corrected chi connectivity index (χ2v) is 4.81. The summed E-state index contributed by atoms with van der Waals surface area (Å²) in [6, 6.07) is 6.01. The van der Waals surface area contributed by atoms with E-state index in [4.69, 9.17) is 4.74 Å². The zero-order valence-corrected chi connectivity index (χ0v) is 12.4. The molecular formula is C14H16F3NO5. The summed E-state index contributed by atoms with van der Waals surface area (Å²) in [6.45, 7) is 0.140. The number of carbonyl (C=O) groups excluding carboxylic acids is 2. The molecule has 0 heterocycles. The molecule has 0 aromatic heterocycles. The number of methoxy groups -OCH3 is 1.